The highest BCUT2D eigenvalue weighted by molar-refractivity contribution is 5.91. The van der Waals surface area contributed by atoms with Crippen LogP contribution in [0.5, 0.6) is 0 Å². The normalized spacial score (nSPS) is 18.7. The Kier molecular flexibility index (Phi) is 4.19. The molecule has 1 aromatic carbocycles. The van der Waals surface area contributed by atoms with E-state index in [1.807, 2.05) is 4.90 Å². The van der Waals surface area contributed by atoms with Crippen LogP contribution in [0.15, 0.2) is 18.2 Å². The number of piperidine rings is 1. The van der Waals surface area contributed by atoms with Crippen LogP contribution in [0.1, 0.15) is 23.2 Å². The standard InChI is InChI=1S/C13H17N3O4/c1-20-13(17)9-4-5-11(16(18)19)12(7-9)15-6-2-3-10(14)8-15/h4-5,7,10H,2-3,6,8,14H2,1H3. The number of anilines is 1. The zero-order chi connectivity index (χ0) is 14.7. The molecule has 1 heterocycles. The Labute approximate surface area is 116 Å². The molecular weight excluding hydrogens is 262 g/mol. The van der Waals surface area contributed by atoms with Crippen molar-refractivity contribution < 1.29 is 14.5 Å². The zero-order valence-electron chi connectivity index (χ0n) is 11.2. The minimum atomic E-state index is -0.512. The minimum Gasteiger partial charge on any atom is -0.465 e. The monoisotopic (exact) mass is 279 g/mol. The van der Waals surface area contributed by atoms with Gasteiger partial charge in [-0.1, -0.05) is 0 Å². The molecule has 0 amide bonds. The molecule has 1 aromatic rings. The molecule has 1 saturated heterocycles. The van der Waals surface area contributed by atoms with Crippen molar-refractivity contribution in [2.75, 3.05) is 25.1 Å². The van der Waals surface area contributed by atoms with Gasteiger partial charge in [0.15, 0.2) is 0 Å². The minimum absolute atomic E-state index is 0.00913. The number of hydrogen-bond acceptors (Lipinski definition) is 6. The number of methoxy groups -OCH3 is 1. The van der Waals surface area contributed by atoms with Crippen molar-refractivity contribution >= 4 is 17.3 Å². The SMILES string of the molecule is COC(=O)c1ccc([N+](=O)[O-])c(N2CCCC(N)C2)c1. The number of ether oxygens (including phenoxy) is 1. The Morgan fingerprint density at radius 2 is 2.30 bits per heavy atom. The van der Waals surface area contributed by atoms with Crippen molar-refractivity contribution in [2.24, 2.45) is 5.73 Å². The zero-order valence-corrected chi connectivity index (χ0v) is 11.2. The lowest BCUT2D eigenvalue weighted by Crippen LogP contribution is -2.43. The van der Waals surface area contributed by atoms with Gasteiger partial charge < -0.3 is 15.4 Å². The first-order chi connectivity index (χ1) is 9.52. The van der Waals surface area contributed by atoms with Gasteiger partial charge >= 0.3 is 5.97 Å². The Hall–Kier alpha value is -2.15. The summed E-state index contributed by atoms with van der Waals surface area (Å²) in [5, 5.41) is 11.1. The fourth-order valence-electron chi connectivity index (χ4n) is 2.40. The van der Waals surface area contributed by atoms with Crippen LogP contribution in [-0.4, -0.2) is 37.1 Å². The fourth-order valence-corrected chi connectivity index (χ4v) is 2.40. The van der Waals surface area contributed by atoms with Crippen LogP contribution >= 0.6 is 0 Å². The molecule has 0 radical (unpaired) electrons. The van der Waals surface area contributed by atoms with Gasteiger partial charge in [0, 0.05) is 25.2 Å². The smallest absolute Gasteiger partial charge is 0.337 e. The Morgan fingerprint density at radius 3 is 2.90 bits per heavy atom. The Balaban J connectivity index is 2.41. The van der Waals surface area contributed by atoms with Crippen molar-refractivity contribution in [2.45, 2.75) is 18.9 Å². The molecule has 0 aliphatic carbocycles. The van der Waals surface area contributed by atoms with Gasteiger partial charge in [0.2, 0.25) is 0 Å². The molecule has 108 valence electrons. The van der Waals surface area contributed by atoms with Crippen LogP contribution in [0.4, 0.5) is 11.4 Å². The molecular formula is C13H17N3O4. The van der Waals surface area contributed by atoms with E-state index in [2.05, 4.69) is 4.74 Å². The molecule has 7 nitrogen and oxygen atoms in total. The maximum Gasteiger partial charge on any atom is 0.337 e. The average Bonchev–Trinajstić information content (AvgIpc) is 2.45. The molecule has 1 aliphatic heterocycles. The highest BCUT2D eigenvalue weighted by Crippen LogP contribution is 2.31. The summed E-state index contributed by atoms with van der Waals surface area (Å²) >= 11 is 0. The highest BCUT2D eigenvalue weighted by Gasteiger charge is 2.25. The Morgan fingerprint density at radius 1 is 1.55 bits per heavy atom. The van der Waals surface area contributed by atoms with Gasteiger partial charge in [0.1, 0.15) is 5.69 Å². The van der Waals surface area contributed by atoms with Crippen molar-refractivity contribution in [3.8, 4) is 0 Å². The van der Waals surface area contributed by atoms with E-state index in [-0.39, 0.29) is 11.7 Å². The van der Waals surface area contributed by atoms with E-state index in [1.165, 1.54) is 25.3 Å². The van der Waals surface area contributed by atoms with Crippen LogP contribution < -0.4 is 10.6 Å². The number of esters is 1. The molecule has 1 fully saturated rings. The molecule has 1 unspecified atom stereocenters. The van der Waals surface area contributed by atoms with E-state index in [4.69, 9.17) is 5.73 Å². The molecule has 0 bridgehead atoms. The summed E-state index contributed by atoms with van der Waals surface area (Å²) in [4.78, 5) is 24.1. The second-order valence-corrected chi connectivity index (χ2v) is 4.80. The van der Waals surface area contributed by atoms with Crippen LogP contribution in [0.3, 0.4) is 0 Å². The molecule has 0 aromatic heterocycles. The third-order valence-corrected chi connectivity index (χ3v) is 3.39. The van der Waals surface area contributed by atoms with Crippen LogP contribution in [0.25, 0.3) is 0 Å². The first kappa shape index (κ1) is 14.3. The summed E-state index contributed by atoms with van der Waals surface area (Å²) in [6.45, 7) is 1.24. The van der Waals surface area contributed by atoms with Gasteiger partial charge in [-0.05, 0) is 25.0 Å². The number of carbonyl (C=O) groups excluding carboxylic acids is 1. The van der Waals surface area contributed by atoms with E-state index in [9.17, 15) is 14.9 Å². The molecule has 7 heteroatoms. The first-order valence-electron chi connectivity index (χ1n) is 6.40. The van der Waals surface area contributed by atoms with Gasteiger partial charge in [-0.2, -0.15) is 0 Å². The lowest BCUT2D eigenvalue weighted by Gasteiger charge is -2.32. The van der Waals surface area contributed by atoms with Crippen molar-refractivity contribution in [1.82, 2.24) is 0 Å². The molecule has 1 atom stereocenters. The summed E-state index contributed by atoms with van der Waals surface area (Å²) in [6, 6.07) is 4.23. The topological polar surface area (TPSA) is 98.7 Å². The van der Waals surface area contributed by atoms with Gasteiger partial charge in [-0.3, -0.25) is 10.1 Å². The summed E-state index contributed by atoms with van der Waals surface area (Å²) < 4.78 is 4.65. The van der Waals surface area contributed by atoms with Crippen molar-refractivity contribution in [3.05, 3.63) is 33.9 Å². The van der Waals surface area contributed by atoms with E-state index in [1.54, 1.807) is 0 Å². The first-order valence-corrected chi connectivity index (χ1v) is 6.40. The number of nitro groups is 1. The fraction of sp³-hybridized carbons (Fsp3) is 0.462. The maximum absolute atomic E-state index is 11.6. The predicted octanol–water partition coefficient (Wildman–Crippen LogP) is 1.31. The highest BCUT2D eigenvalue weighted by atomic mass is 16.6. The van der Waals surface area contributed by atoms with E-state index < -0.39 is 10.9 Å². The number of benzene rings is 1. The van der Waals surface area contributed by atoms with Crippen molar-refractivity contribution in [1.29, 1.82) is 0 Å². The third-order valence-electron chi connectivity index (χ3n) is 3.39. The number of hydrogen-bond donors (Lipinski definition) is 1. The van der Waals surface area contributed by atoms with E-state index in [0.29, 0.717) is 24.3 Å². The summed E-state index contributed by atoms with van der Waals surface area (Å²) in [7, 11) is 1.28. The predicted molar refractivity (Wildman–Crippen MR) is 73.9 cm³/mol. The maximum atomic E-state index is 11.6. The van der Waals surface area contributed by atoms with Gasteiger partial charge in [0.25, 0.3) is 5.69 Å². The number of nitrogens with two attached hydrogens (primary N) is 1. The number of nitro benzene ring substituents is 1. The molecule has 0 spiro atoms. The van der Waals surface area contributed by atoms with Gasteiger partial charge in [-0.25, -0.2) is 4.79 Å². The van der Waals surface area contributed by atoms with Crippen LogP contribution in [0, 0.1) is 10.1 Å². The lowest BCUT2D eigenvalue weighted by atomic mass is 10.0. The van der Waals surface area contributed by atoms with E-state index in [0.717, 1.165) is 12.8 Å². The van der Waals surface area contributed by atoms with Crippen LogP contribution in [-0.2, 0) is 4.74 Å². The largest absolute Gasteiger partial charge is 0.465 e. The quantitative estimate of drug-likeness (QED) is 0.509. The van der Waals surface area contributed by atoms with Crippen molar-refractivity contribution in [3.63, 3.8) is 0 Å². The molecule has 20 heavy (non-hydrogen) atoms. The summed E-state index contributed by atoms with van der Waals surface area (Å²) in [6.07, 6.45) is 1.78. The van der Waals surface area contributed by atoms with Crippen LogP contribution in [0.2, 0.25) is 0 Å². The molecule has 2 rings (SSSR count). The van der Waals surface area contributed by atoms with Gasteiger partial charge in [-0.15, -0.1) is 0 Å². The lowest BCUT2D eigenvalue weighted by molar-refractivity contribution is -0.384. The second kappa shape index (κ2) is 5.87. The summed E-state index contributed by atoms with van der Waals surface area (Å²) in [5.74, 6) is -0.512. The van der Waals surface area contributed by atoms with E-state index >= 15 is 0 Å². The third kappa shape index (κ3) is 2.88. The number of nitrogens with zero attached hydrogens (tertiary/aromatic N) is 2. The summed E-state index contributed by atoms with van der Waals surface area (Å²) in [5.41, 5.74) is 6.61. The second-order valence-electron chi connectivity index (χ2n) is 4.80. The number of carbonyl (C=O) groups is 1. The number of rotatable bonds is 3. The molecule has 1 aliphatic rings. The van der Waals surface area contributed by atoms with Gasteiger partial charge in [0.05, 0.1) is 17.6 Å². The average molecular weight is 279 g/mol. The molecule has 2 N–H and O–H groups in total. The Bertz CT molecular complexity index is 532. The molecule has 0 saturated carbocycles.